The zero-order valence-corrected chi connectivity index (χ0v) is 11.4. The van der Waals surface area contributed by atoms with Gasteiger partial charge in [-0.05, 0) is 38.6 Å². The van der Waals surface area contributed by atoms with E-state index in [4.69, 9.17) is 0 Å². The standard InChI is InChI=1S/C14H19N3O/c1-10(18)8-16(3)9-12-5-6-14-13(7-12)15-11(2)17(14)4/h5-7H,8-9H2,1-4H3. The molecule has 1 aromatic heterocycles. The van der Waals surface area contributed by atoms with Crippen LogP contribution < -0.4 is 0 Å². The lowest BCUT2D eigenvalue weighted by Crippen LogP contribution is -2.23. The lowest BCUT2D eigenvalue weighted by Gasteiger charge is -2.14. The average molecular weight is 245 g/mol. The van der Waals surface area contributed by atoms with Crippen LogP contribution in [0.1, 0.15) is 18.3 Å². The van der Waals surface area contributed by atoms with Crippen LogP contribution in [0.4, 0.5) is 0 Å². The minimum Gasteiger partial charge on any atom is -0.331 e. The maximum atomic E-state index is 11.0. The molecule has 0 spiro atoms. The lowest BCUT2D eigenvalue weighted by molar-refractivity contribution is -0.117. The first-order valence-corrected chi connectivity index (χ1v) is 6.07. The highest BCUT2D eigenvalue weighted by atomic mass is 16.1. The van der Waals surface area contributed by atoms with Gasteiger partial charge in [0.25, 0.3) is 0 Å². The number of nitrogens with zero attached hydrogens (tertiary/aromatic N) is 3. The summed E-state index contributed by atoms with van der Waals surface area (Å²) < 4.78 is 2.08. The van der Waals surface area contributed by atoms with Gasteiger partial charge in [0, 0.05) is 13.6 Å². The van der Waals surface area contributed by atoms with Crippen molar-refractivity contribution in [2.24, 2.45) is 7.05 Å². The molecule has 4 heteroatoms. The number of aryl methyl sites for hydroxylation is 2. The molecule has 0 radical (unpaired) electrons. The fourth-order valence-electron chi connectivity index (χ4n) is 2.21. The molecule has 2 rings (SSSR count). The van der Waals surface area contributed by atoms with Crippen molar-refractivity contribution in [2.45, 2.75) is 20.4 Å². The Morgan fingerprint density at radius 2 is 2.17 bits per heavy atom. The predicted octanol–water partition coefficient (Wildman–Crippen LogP) is 1.90. The van der Waals surface area contributed by atoms with E-state index in [2.05, 4.69) is 27.8 Å². The Labute approximate surface area is 107 Å². The van der Waals surface area contributed by atoms with Crippen LogP contribution in [0.5, 0.6) is 0 Å². The van der Waals surface area contributed by atoms with E-state index in [9.17, 15) is 4.79 Å². The molecule has 0 bridgehead atoms. The van der Waals surface area contributed by atoms with E-state index < -0.39 is 0 Å². The Hall–Kier alpha value is -1.68. The van der Waals surface area contributed by atoms with Crippen LogP contribution in [0, 0.1) is 6.92 Å². The molecule has 0 N–H and O–H groups in total. The van der Waals surface area contributed by atoms with Crippen molar-refractivity contribution in [1.29, 1.82) is 0 Å². The summed E-state index contributed by atoms with van der Waals surface area (Å²) in [5.74, 6) is 1.20. The third kappa shape index (κ3) is 2.59. The van der Waals surface area contributed by atoms with E-state index in [1.165, 1.54) is 5.56 Å². The number of hydrogen-bond acceptors (Lipinski definition) is 3. The van der Waals surface area contributed by atoms with Crippen LogP contribution in [-0.4, -0.2) is 33.8 Å². The molecule has 1 aromatic carbocycles. The average Bonchev–Trinajstić information content (AvgIpc) is 2.53. The third-order valence-corrected chi connectivity index (χ3v) is 3.11. The quantitative estimate of drug-likeness (QED) is 0.825. The molecule has 18 heavy (non-hydrogen) atoms. The highest BCUT2D eigenvalue weighted by Crippen LogP contribution is 2.17. The Morgan fingerprint density at radius 3 is 2.83 bits per heavy atom. The first-order valence-electron chi connectivity index (χ1n) is 6.07. The van der Waals surface area contributed by atoms with Crippen LogP contribution in [0.25, 0.3) is 11.0 Å². The minimum atomic E-state index is 0.187. The zero-order chi connectivity index (χ0) is 13.3. The van der Waals surface area contributed by atoms with Crippen molar-refractivity contribution in [2.75, 3.05) is 13.6 Å². The van der Waals surface area contributed by atoms with Crippen molar-refractivity contribution in [3.05, 3.63) is 29.6 Å². The Morgan fingerprint density at radius 1 is 1.44 bits per heavy atom. The van der Waals surface area contributed by atoms with Gasteiger partial charge in [0.2, 0.25) is 0 Å². The van der Waals surface area contributed by atoms with Crippen molar-refractivity contribution in [3.63, 3.8) is 0 Å². The predicted molar refractivity (Wildman–Crippen MR) is 72.5 cm³/mol. The lowest BCUT2D eigenvalue weighted by atomic mass is 10.2. The maximum Gasteiger partial charge on any atom is 0.143 e. The number of ketones is 1. The Bertz CT molecular complexity index is 586. The molecule has 0 amide bonds. The number of Topliss-reactive ketones (excluding diaryl/α,β-unsaturated/α-hetero) is 1. The molecular formula is C14H19N3O. The number of carbonyl (C=O) groups excluding carboxylic acids is 1. The SMILES string of the molecule is CC(=O)CN(C)Cc1ccc2c(c1)nc(C)n2C. The number of fused-ring (bicyclic) bond motifs is 1. The Balaban J connectivity index is 2.22. The summed E-state index contributed by atoms with van der Waals surface area (Å²) in [6.07, 6.45) is 0. The first-order chi connectivity index (χ1) is 8.47. The second-order valence-electron chi connectivity index (χ2n) is 4.92. The van der Waals surface area contributed by atoms with E-state index in [0.717, 1.165) is 23.4 Å². The molecule has 4 nitrogen and oxygen atoms in total. The maximum absolute atomic E-state index is 11.0. The molecular weight excluding hydrogens is 226 g/mol. The summed E-state index contributed by atoms with van der Waals surface area (Å²) >= 11 is 0. The van der Waals surface area contributed by atoms with Crippen LogP contribution >= 0.6 is 0 Å². The number of aromatic nitrogens is 2. The van der Waals surface area contributed by atoms with Crippen LogP contribution in [0.15, 0.2) is 18.2 Å². The smallest absolute Gasteiger partial charge is 0.143 e. The van der Waals surface area contributed by atoms with Gasteiger partial charge in [-0.1, -0.05) is 6.07 Å². The summed E-state index contributed by atoms with van der Waals surface area (Å²) in [6, 6.07) is 6.28. The fraction of sp³-hybridized carbons (Fsp3) is 0.429. The molecule has 0 saturated carbocycles. The Kier molecular flexibility index (Phi) is 3.48. The molecule has 2 aromatic rings. The van der Waals surface area contributed by atoms with Crippen molar-refractivity contribution in [1.82, 2.24) is 14.5 Å². The highest BCUT2D eigenvalue weighted by molar-refractivity contribution is 5.78. The molecule has 96 valence electrons. The second-order valence-corrected chi connectivity index (χ2v) is 4.92. The van der Waals surface area contributed by atoms with Crippen LogP contribution in [-0.2, 0) is 18.4 Å². The molecule has 0 fully saturated rings. The number of rotatable bonds is 4. The summed E-state index contributed by atoms with van der Waals surface area (Å²) in [5.41, 5.74) is 3.35. The largest absolute Gasteiger partial charge is 0.331 e. The molecule has 0 atom stereocenters. The molecule has 0 aliphatic heterocycles. The monoisotopic (exact) mass is 245 g/mol. The van der Waals surface area contributed by atoms with Crippen molar-refractivity contribution in [3.8, 4) is 0 Å². The van der Waals surface area contributed by atoms with Crippen molar-refractivity contribution >= 4 is 16.8 Å². The summed E-state index contributed by atoms with van der Waals surface area (Å²) in [7, 11) is 3.97. The molecule has 0 aliphatic carbocycles. The van der Waals surface area contributed by atoms with E-state index in [-0.39, 0.29) is 5.78 Å². The van der Waals surface area contributed by atoms with Crippen molar-refractivity contribution < 1.29 is 4.79 Å². The van der Waals surface area contributed by atoms with Gasteiger partial charge in [0.1, 0.15) is 11.6 Å². The van der Waals surface area contributed by atoms with Gasteiger partial charge in [0.15, 0.2) is 0 Å². The number of hydrogen-bond donors (Lipinski definition) is 0. The van der Waals surface area contributed by atoms with Gasteiger partial charge in [-0.2, -0.15) is 0 Å². The van der Waals surface area contributed by atoms with Crippen LogP contribution in [0.2, 0.25) is 0 Å². The molecule has 0 saturated heterocycles. The normalized spacial score (nSPS) is 11.4. The number of likely N-dealkylation sites (N-methyl/N-ethyl adjacent to an activating group) is 1. The number of imidazole rings is 1. The van der Waals surface area contributed by atoms with Gasteiger partial charge in [-0.25, -0.2) is 4.98 Å². The van der Waals surface area contributed by atoms with E-state index >= 15 is 0 Å². The van der Waals surface area contributed by atoms with E-state index in [1.54, 1.807) is 6.92 Å². The minimum absolute atomic E-state index is 0.187. The van der Waals surface area contributed by atoms with E-state index in [1.807, 2.05) is 25.9 Å². The summed E-state index contributed by atoms with van der Waals surface area (Å²) in [4.78, 5) is 17.6. The van der Waals surface area contributed by atoms with Crippen LogP contribution in [0.3, 0.4) is 0 Å². The van der Waals surface area contributed by atoms with E-state index in [0.29, 0.717) is 6.54 Å². The topological polar surface area (TPSA) is 38.1 Å². The fourth-order valence-corrected chi connectivity index (χ4v) is 2.21. The highest BCUT2D eigenvalue weighted by Gasteiger charge is 2.07. The van der Waals surface area contributed by atoms with Gasteiger partial charge >= 0.3 is 0 Å². The van der Waals surface area contributed by atoms with Gasteiger partial charge in [0.05, 0.1) is 17.6 Å². The van der Waals surface area contributed by atoms with Gasteiger partial charge in [-0.15, -0.1) is 0 Å². The number of carbonyl (C=O) groups is 1. The van der Waals surface area contributed by atoms with Gasteiger partial charge in [-0.3, -0.25) is 9.69 Å². The molecule has 0 unspecified atom stereocenters. The summed E-state index contributed by atoms with van der Waals surface area (Å²) in [5, 5.41) is 0. The number of benzene rings is 1. The third-order valence-electron chi connectivity index (χ3n) is 3.11. The molecule has 1 heterocycles. The van der Waals surface area contributed by atoms with Gasteiger partial charge < -0.3 is 4.57 Å². The first kappa shape index (κ1) is 12.8. The molecule has 0 aliphatic rings. The summed E-state index contributed by atoms with van der Waals surface area (Å²) in [6.45, 7) is 4.87. The second kappa shape index (κ2) is 4.90. The zero-order valence-electron chi connectivity index (χ0n) is 11.4.